The van der Waals surface area contributed by atoms with Gasteiger partial charge in [0.2, 0.25) is 5.95 Å². The molecule has 16 heavy (non-hydrogen) atoms. The Morgan fingerprint density at radius 1 is 1.44 bits per heavy atom. The Morgan fingerprint density at radius 2 is 2.31 bits per heavy atom. The van der Waals surface area contributed by atoms with E-state index in [9.17, 15) is 0 Å². The molecule has 0 aliphatic heterocycles. The van der Waals surface area contributed by atoms with Gasteiger partial charge in [-0.25, -0.2) is 4.98 Å². The highest BCUT2D eigenvalue weighted by molar-refractivity contribution is 7.16. The highest BCUT2D eigenvalue weighted by Crippen LogP contribution is 2.25. The molecule has 0 bridgehead atoms. The van der Waals surface area contributed by atoms with Gasteiger partial charge < -0.3 is 15.4 Å². The molecule has 0 fully saturated rings. The summed E-state index contributed by atoms with van der Waals surface area (Å²) in [7, 11) is 3.49. The number of hydrogen-bond acceptors (Lipinski definition) is 6. The molecule has 0 saturated carbocycles. The normalized spacial score (nSPS) is 10.6. The zero-order valence-corrected chi connectivity index (χ0v) is 10.1. The van der Waals surface area contributed by atoms with Crippen LogP contribution in [0.4, 0.5) is 11.8 Å². The van der Waals surface area contributed by atoms with Crippen molar-refractivity contribution in [2.45, 2.75) is 0 Å². The van der Waals surface area contributed by atoms with Gasteiger partial charge in [0.05, 0.1) is 12.0 Å². The maximum Gasteiger partial charge on any atom is 0.225 e. The van der Waals surface area contributed by atoms with Crippen LogP contribution in [0, 0.1) is 0 Å². The van der Waals surface area contributed by atoms with E-state index in [1.54, 1.807) is 18.4 Å². The molecule has 5 nitrogen and oxygen atoms in total. The minimum Gasteiger partial charge on any atom is -0.383 e. The summed E-state index contributed by atoms with van der Waals surface area (Å²) in [6.07, 6.45) is 0. The van der Waals surface area contributed by atoms with E-state index in [2.05, 4.69) is 20.6 Å². The topological polar surface area (TPSA) is 59.1 Å². The molecule has 86 valence electrons. The second-order valence-electron chi connectivity index (χ2n) is 3.20. The Hall–Kier alpha value is -1.40. The Kier molecular flexibility index (Phi) is 3.53. The van der Waals surface area contributed by atoms with Crippen LogP contribution in [0.5, 0.6) is 0 Å². The Bertz CT molecular complexity index is 471. The fourth-order valence-electron chi connectivity index (χ4n) is 1.37. The van der Waals surface area contributed by atoms with E-state index in [1.807, 2.05) is 18.5 Å². The molecular weight excluding hydrogens is 224 g/mol. The molecule has 2 aromatic heterocycles. The number of hydrogen-bond donors (Lipinski definition) is 2. The van der Waals surface area contributed by atoms with E-state index in [4.69, 9.17) is 4.74 Å². The number of nitrogens with zero attached hydrogens (tertiary/aromatic N) is 2. The Labute approximate surface area is 97.9 Å². The van der Waals surface area contributed by atoms with Crippen LogP contribution in [-0.2, 0) is 4.74 Å². The van der Waals surface area contributed by atoms with Gasteiger partial charge in [0, 0.05) is 20.7 Å². The molecule has 6 heteroatoms. The van der Waals surface area contributed by atoms with Crippen LogP contribution in [0.15, 0.2) is 11.4 Å². The molecule has 0 aliphatic rings. The van der Waals surface area contributed by atoms with Gasteiger partial charge in [-0.05, 0) is 11.4 Å². The number of ether oxygens (including phenoxy) is 1. The standard InChI is InChI=1S/C10H14N4OS/c1-11-10-13-8(12-4-5-15-2)7-3-6-16-9(7)14-10/h3,6H,4-5H2,1-2H3,(H2,11,12,13,14). The van der Waals surface area contributed by atoms with Gasteiger partial charge in [0.1, 0.15) is 10.6 Å². The lowest BCUT2D eigenvalue weighted by atomic mass is 10.4. The van der Waals surface area contributed by atoms with Gasteiger partial charge in [-0.15, -0.1) is 11.3 Å². The minimum absolute atomic E-state index is 0.634. The van der Waals surface area contributed by atoms with Crippen molar-refractivity contribution in [3.8, 4) is 0 Å². The predicted octanol–water partition coefficient (Wildman–Crippen LogP) is 1.79. The SMILES string of the molecule is CNc1nc(NCCOC)c2ccsc2n1. The maximum atomic E-state index is 4.99. The lowest BCUT2D eigenvalue weighted by Crippen LogP contribution is -2.10. The van der Waals surface area contributed by atoms with Crippen molar-refractivity contribution < 1.29 is 4.74 Å². The molecule has 0 saturated heterocycles. The van der Waals surface area contributed by atoms with Gasteiger partial charge in [0.15, 0.2) is 0 Å². The van der Waals surface area contributed by atoms with E-state index in [-0.39, 0.29) is 0 Å². The highest BCUT2D eigenvalue weighted by atomic mass is 32.1. The molecule has 2 N–H and O–H groups in total. The molecule has 0 radical (unpaired) electrons. The average Bonchev–Trinajstić information content (AvgIpc) is 2.77. The number of aromatic nitrogens is 2. The Morgan fingerprint density at radius 3 is 3.06 bits per heavy atom. The fourth-order valence-corrected chi connectivity index (χ4v) is 2.14. The number of methoxy groups -OCH3 is 1. The summed E-state index contributed by atoms with van der Waals surface area (Å²) >= 11 is 1.61. The largest absolute Gasteiger partial charge is 0.383 e. The van der Waals surface area contributed by atoms with Gasteiger partial charge in [-0.2, -0.15) is 4.98 Å². The first-order chi connectivity index (χ1) is 7.85. The number of nitrogens with one attached hydrogen (secondary N) is 2. The summed E-state index contributed by atoms with van der Waals surface area (Å²) in [6, 6.07) is 2.02. The molecule has 0 aromatic carbocycles. The van der Waals surface area contributed by atoms with Crippen molar-refractivity contribution in [3.05, 3.63) is 11.4 Å². The molecule has 0 unspecified atom stereocenters. The van der Waals surface area contributed by atoms with Crippen LogP contribution in [0.3, 0.4) is 0 Å². The summed E-state index contributed by atoms with van der Waals surface area (Å²) in [4.78, 5) is 9.73. The van der Waals surface area contributed by atoms with Crippen LogP contribution in [-0.4, -0.2) is 37.3 Å². The Balaban J connectivity index is 2.29. The van der Waals surface area contributed by atoms with E-state index in [0.29, 0.717) is 12.6 Å². The predicted molar refractivity (Wildman–Crippen MR) is 67.3 cm³/mol. The second-order valence-corrected chi connectivity index (χ2v) is 4.10. The van der Waals surface area contributed by atoms with Crippen LogP contribution < -0.4 is 10.6 Å². The first-order valence-electron chi connectivity index (χ1n) is 5.01. The fraction of sp³-hybridized carbons (Fsp3) is 0.400. The number of rotatable bonds is 5. The van der Waals surface area contributed by atoms with Crippen molar-refractivity contribution in [1.82, 2.24) is 9.97 Å². The highest BCUT2D eigenvalue weighted by Gasteiger charge is 2.07. The number of thiophene rings is 1. The average molecular weight is 238 g/mol. The third-order valence-corrected chi connectivity index (χ3v) is 2.95. The zero-order valence-electron chi connectivity index (χ0n) is 9.28. The summed E-state index contributed by atoms with van der Waals surface area (Å²) < 4.78 is 4.99. The number of fused-ring (bicyclic) bond motifs is 1. The maximum absolute atomic E-state index is 4.99. The van der Waals surface area contributed by atoms with Crippen molar-refractivity contribution in [3.63, 3.8) is 0 Å². The van der Waals surface area contributed by atoms with E-state index < -0.39 is 0 Å². The molecule has 0 aliphatic carbocycles. The zero-order chi connectivity index (χ0) is 11.4. The molecule has 2 aromatic rings. The van der Waals surface area contributed by atoms with Crippen LogP contribution in [0.1, 0.15) is 0 Å². The van der Waals surface area contributed by atoms with Crippen molar-refractivity contribution in [1.29, 1.82) is 0 Å². The van der Waals surface area contributed by atoms with Gasteiger partial charge in [-0.3, -0.25) is 0 Å². The van der Waals surface area contributed by atoms with Gasteiger partial charge in [0.25, 0.3) is 0 Å². The lowest BCUT2D eigenvalue weighted by Gasteiger charge is -2.07. The molecule has 2 heterocycles. The lowest BCUT2D eigenvalue weighted by molar-refractivity contribution is 0.210. The van der Waals surface area contributed by atoms with Crippen molar-refractivity contribution >= 4 is 33.3 Å². The van der Waals surface area contributed by atoms with Crippen LogP contribution in [0.2, 0.25) is 0 Å². The second kappa shape index (κ2) is 5.09. The smallest absolute Gasteiger partial charge is 0.225 e. The summed E-state index contributed by atoms with van der Waals surface area (Å²) in [6.45, 7) is 1.39. The summed E-state index contributed by atoms with van der Waals surface area (Å²) in [5.74, 6) is 1.49. The first kappa shape index (κ1) is 11.1. The minimum atomic E-state index is 0.634. The van der Waals surface area contributed by atoms with Gasteiger partial charge >= 0.3 is 0 Å². The number of anilines is 2. The van der Waals surface area contributed by atoms with E-state index >= 15 is 0 Å². The molecule has 2 rings (SSSR count). The molecular formula is C10H14N4OS. The third-order valence-electron chi connectivity index (χ3n) is 2.15. The monoisotopic (exact) mass is 238 g/mol. The molecule has 0 atom stereocenters. The molecule has 0 spiro atoms. The van der Waals surface area contributed by atoms with Crippen LogP contribution in [0.25, 0.3) is 10.2 Å². The first-order valence-corrected chi connectivity index (χ1v) is 5.89. The molecule has 0 amide bonds. The van der Waals surface area contributed by atoms with Crippen LogP contribution >= 0.6 is 11.3 Å². The van der Waals surface area contributed by atoms with Crippen molar-refractivity contribution in [2.75, 3.05) is 37.9 Å². The summed E-state index contributed by atoms with van der Waals surface area (Å²) in [5, 5.41) is 9.26. The van der Waals surface area contributed by atoms with E-state index in [0.717, 1.165) is 22.6 Å². The van der Waals surface area contributed by atoms with Gasteiger partial charge in [-0.1, -0.05) is 0 Å². The van der Waals surface area contributed by atoms with E-state index in [1.165, 1.54) is 0 Å². The quantitative estimate of drug-likeness (QED) is 0.778. The third kappa shape index (κ3) is 2.23. The van der Waals surface area contributed by atoms with Crippen molar-refractivity contribution in [2.24, 2.45) is 0 Å². The summed E-state index contributed by atoms with van der Waals surface area (Å²) in [5.41, 5.74) is 0.